The van der Waals surface area contributed by atoms with Crippen LogP contribution in [0.3, 0.4) is 0 Å². The van der Waals surface area contributed by atoms with Crippen LogP contribution >= 0.6 is 12.4 Å². The van der Waals surface area contributed by atoms with Crippen LogP contribution in [0.2, 0.25) is 0 Å². The molecule has 5 nitrogen and oxygen atoms in total. The first kappa shape index (κ1) is 20.6. The Morgan fingerprint density at radius 2 is 1.44 bits per heavy atom. The van der Waals surface area contributed by atoms with Gasteiger partial charge in [0.15, 0.2) is 0 Å². The zero-order chi connectivity index (χ0) is 17.6. The van der Waals surface area contributed by atoms with Gasteiger partial charge in [0.2, 0.25) is 0 Å². The number of anilines is 2. The molecular formula is C16H17ClF3N3O2. The molecule has 0 aromatic heterocycles. The van der Waals surface area contributed by atoms with E-state index in [1.54, 1.807) is 12.1 Å². The van der Waals surface area contributed by atoms with Gasteiger partial charge in [-0.2, -0.15) is 0 Å². The Morgan fingerprint density at radius 3 is 1.88 bits per heavy atom. The second kappa shape index (κ2) is 9.14. The molecule has 0 aliphatic rings. The van der Waals surface area contributed by atoms with Gasteiger partial charge in [-0.3, -0.25) is 0 Å². The quantitative estimate of drug-likeness (QED) is 0.734. The van der Waals surface area contributed by atoms with Crippen molar-refractivity contribution in [3.63, 3.8) is 0 Å². The maximum atomic E-state index is 12.1. The molecule has 0 aliphatic carbocycles. The molecule has 2 rings (SSSR count). The van der Waals surface area contributed by atoms with E-state index in [0.29, 0.717) is 17.9 Å². The average Bonchev–Trinajstić information content (AvgIpc) is 2.50. The van der Waals surface area contributed by atoms with Crippen molar-refractivity contribution in [2.75, 3.05) is 17.2 Å². The van der Waals surface area contributed by atoms with Crippen LogP contribution in [0, 0.1) is 0 Å². The standard InChI is InChI=1S/C16H16F3N3O2.ClH/c17-16(18,19)24-14-7-5-13(6-8-14)22-15(23)21-12-3-1-11(2-4-12)9-10-20;/h1-8H,9-10,20H2,(H2,21,22,23);1H. The molecule has 0 bridgehead atoms. The Bertz CT molecular complexity index is 677. The third-order valence-electron chi connectivity index (χ3n) is 2.99. The maximum Gasteiger partial charge on any atom is 0.573 e. The topological polar surface area (TPSA) is 76.4 Å². The zero-order valence-corrected chi connectivity index (χ0v) is 13.8. The van der Waals surface area contributed by atoms with Crippen molar-refractivity contribution in [2.45, 2.75) is 12.8 Å². The summed E-state index contributed by atoms with van der Waals surface area (Å²) in [6.07, 6.45) is -4.00. The molecule has 2 aromatic carbocycles. The van der Waals surface area contributed by atoms with E-state index in [1.165, 1.54) is 12.1 Å². The number of nitrogens with one attached hydrogen (secondary N) is 2. The summed E-state index contributed by atoms with van der Waals surface area (Å²) in [4.78, 5) is 11.9. The lowest BCUT2D eigenvalue weighted by Gasteiger charge is -2.11. The van der Waals surface area contributed by atoms with Crippen molar-refractivity contribution in [3.8, 4) is 5.75 Å². The molecule has 2 aromatic rings. The molecular weight excluding hydrogens is 359 g/mol. The normalized spacial score (nSPS) is 10.6. The first-order valence-electron chi connectivity index (χ1n) is 7.08. The number of ether oxygens (including phenoxy) is 1. The lowest BCUT2D eigenvalue weighted by atomic mass is 10.1. The Hall–Kier alpha value is -2.45. The summed E-state index contributed by atoms with van der Waals surface area (Å²) in [6.45, 7) is 0.543. The van der Waals surface area contributed by atoms with Crippen molar-refractivity contribution in [1.29, 1.82) is 0 Å². The third-order valence-corrected chi connectivity index (χ3v) is 2.99. The SMILES string of the molecule is Cl.NCCc1ccc(NC(=O)Nc2ccc(OC(F)(F)F)cc2)cc1. The van der Waals surface area contributed by atoms with Crippen LogP contribution in [0.4, 0.5) is 29.3 Å². The van der Waals surface area contributed by atoms with Crippen molar-refractivity contribution in [2.24, 2.45) is 5.73 Å². The van der Waals surface area contributed by atoms with Gasteiger partial charge in [0.25, 0.3) is 0 Å². The van der Waals surface area contributed by atoms with Crippen LogP contribution in [-0.2, 0) is 6.42 Å². The van der Waals surface area contributed by atoms with Crippen molar-refractivity contribution in [1.82, 2.24) is 0 Å². The molecule has 0 saturated heterocycles. The largest absolute Gasteiger partial charge is 0.573 e. The van der Waals surface area contributed by atoms with Crippen LogP contribution < -0.4 is 21.1 Å². The van der Waals surface area contributed by atoms with Crippen molar-refractivity contribution in [3.05, 3.63) is 54.1 Å². The van der Waals surface area contributed by atoms with E-state index in [9.17, 15) is 18.0 Å². The Morgan fingerprint density at radius 1 is 0.960 bits per heavy atom. The summed E-state index contributed by atoms with van der Waals surface area (Å²) >= 11 is 0. The van der Waals surface area contributed by atoms with Crippen molar-refractivity contribution >= 4 is 29.8 Å². The number of urea groups is 1. The van der Waals surface area contributed by atoms with Gasteiger partial charge in [-0.1, -0.05) is 12.1 Å². The molecule has 136 valence electrons. The molecule has 4 N–H and O–H groups in total. The molecule has 0 aliphatic heterocycles. The number of amides is 2. The Kier molecular flexibility index (Phi) is 7.53. The van der Waals surface area contributed by atoms with E-state index in [2.05, 4.69) is 15.4 Å². The number of nitrogens with two attached hydrogens (primary N) is 1. The summed E-state index contributed by atoms with van der Waals surface area (Å²) in [5, 5.41) is 5.13. The van der Waals surface area contributed by atoms with Gasteiger partial charge in [0.1, 0.15) is 5.75 Å². The minimum atomic E-state index is -4.75. The average molecular weight is 376 g/mol. The first-order chi connectivity index (χ1) is 11.4. The van der Waals surface area contributed by atoms with Crippen LogP contribution in [0.5, 0.6) is 5.75 Å². The summed E-state index contributed by atoms with van der Waals surface area (Å²) in [5.74, 6) is -0.357. The van der Waals surface area contributed by atoms with Gasteiger partial charge in [0, 0.05) is 11.4 Å². The van der Waals surface area contributed by atoms with Crippen LogP contribution in [0.1, 0.15) is 5.56 Å². The lowest BCUT2D eigenvalue weighted by molar-refractivity contribution is -0.274. The van der Waals surface area contributed by atoms with Crippen molar-refractivity contribution < 1.29 is 22.7 Å². The number of halogens is 4. The molecule has 0 fully saturated rings. The van der Waals surface area contributed by atoms with E-state index in [-0.39, 0.29) is 18.2 Å². The van der Waals surface area contributed by atoms with Gasteiger partial charge in [-0.25, -0.2) is 4.79 Å². The molecule has 9 heteroatoms. The number of carbonyl (C=O) groups excluding carboxylic acids is 1. The van der Waals surface area contributed by atoms with Crippen LogP contribution in [0.15, 0.2) is 48.5 Å². The number of benzene rings is 2. The fraction of sp³-hybridized carbons (Fsp3) is 0.188. The number of carbonyl (C=O) groups is 1. The Balaban J connectivity index is 0.00000312. The summed E-state index contributed by atoms with van der Waals surface area (Å²) in [6, 6.07) is 11.5. The smallest absolute Gasteiger partial charge is 0.406 e. The highest BCUT2D eigenvalue weighted by atomic mass is 35.5. The molecule has 0 radical (unpaired) electrons. The minimum Gasteiger partial charge on any atom is -0.406 e. The number of hydrogen-bond donors (Lipinski definition) is 3. The molecule has 2 amide bonds. The highest BCUT2D eigenvalue weighted by molar-refractivity contribution is 5.99. The van der Waals surface area contributed by atoms with E-state index in [0.717, 1.165) is 24.1 Å². The minimum absolute atomic E-state index is 0. The number of hydrogen-bond acceptors (Lipinski definition) is 3. The van der Waals surface area contributed by atoms with Gasteiger partial charge in [-0.15, -0.1) is 25.6 Å². The van der Waals surface area contributed by atoms with Gasteiger partial charge < -0.3 is 21.1 Å². The third kappa shape index (κ3) is 7.32. The fourth-order valence-electron chi connectivity index (χ4n) is 1.95. The lowest BCUT2D eigenvalue weighted by Crippen LogP contribution is -2.19. The van der Waals surface area contributed by atoms with E-state index in [1.807, 2.05) is 12.1 Å². The second-order valence-electron chi connectivity index (χ2n) is 4.89. The molecule has 0 heterocycles. The molecule has 25 heavy (non-hydrogen) atoms. The highest BCUT2D eigenvalue weighted by Crippen LogP contribution is 2.24. The monoisotopic (exact) mass is 375 g/mol. The Labute approximate surface area is 148 Å². The predicted molar refractivity (Wildman–Crippen MR) is 92.2 cm³/mol. The van der Waals surface area contributed by atoms with E-state index >= 15 is 0 Å². The van der Waals surface area contributed by atoms with Crippen LogP contribution in [0.25, 0.3) is 0 Å². The molecule has 0 saturated carbocycles. The second-order valence-corrected chi connectivity index (χ2v) is 4.89. The number of alkyl halides is 3. The first-order valence-corrected chi connectivity index (χ1v) is 7.08. The van der Waals surface area contributed by atoms with Gasteiger partial charge >= 0.3 is 12.4 Å². The highest BCUT2D eigenvalue weighted by Gasteiger charge is 2.30. The summed E-state index contributed by atoms with van der Waals surface area (Å²) in [7, 11) is 0. The molecule has 0 unspecified atom stereocenters. The molecule has 0 spiro atoms. The fourth-order valence-corrected chi connectivity index (χ4v) is 1.95. The van der Waals surface area contributed by atoms with E-state index < -0.39 is 12.4 Å². The predicted octanol–water partition coefficient (Wildman–Crippen LogP) is 4.15. The van der Waals surface area contributed by atoms with Crippen LogP contribution in [-0.4, -0.2) is 18.9 Å². The van der Waals surface area contributed by atoms with Gasteiger partial charge in [-0.05, 0) is 54.9 Å². The number of rotatable bonds is 5. The molecule has 0 atom stereocenters. The maximum absolute atomic E-state index is 12.1. The summed E-state index contributed by atoms with van der Waals surface area (Å²) in [5.41, 5.74) is 7.44. The zero-order valence-electron chi connectivity index (χ0n) is 13.0. The van der Waals surface area contributed by atoms with E-state index in [4.69, 9.17) is 5.73 Å². The summed E-state index contributed by atoms with van der Waals surface area (Å²) < 4.78 is 39.9. The van der Waals surface area contributed by atoms with Gasteiger partial charge in [0.05, 0.1) is 0 Å².